The minimum atomic E-state index is 0.532. The van der Waals surface area contributed by atoms with Crippen molar-refractivity contribution in [2.24, 2.45) is 0 Å². The number of pyridine rings is 1. The molecule has 29 heavy (non-hydrogen) atoms. The first kappa shape index (κ1) is 18.7. The van der Waals surface area contributed by atoms with Crippen LogP contribution in [-0.4, -0.2) is 32.8 Å². The van der Waals surface area contributed by atoms with Gasteiger partial charge in [-0.05, 0) is 49.7 Å². The van der Waals surface area contributed by atoms with Gasteiger partial charge in [0.1, 0.15) is 5.65 Å². The molecule has 4 heterocycles. The molecule has 0 unspecified atom stereocenters. The van der Waals surface area contributed by atoms with Crippen molar-refractivity contribution in [2.45, 2.75) is 25.3 Å². The van der Waals surface area contributed by atoms with E-state index in [2.05, 4.69) is 26.4 Å². The number of rotatable bonds is 4. The minimum Gasteiger partial charge on any atom is -0.343 e. The minimum absolute atomic E-state index is 0.532. The van der Waals surface area contributed by atoms with Gasteiger partial charge < -0.3 is 10.3 Å². The number of nitrogens with one attached hydrogen (secondary N) is 2. The predicted octanol–water partition coefficient (Wildman–Crippen LogP) is 5.25. The van der Waals surface area contributed by atoms with Crippen LogP contribution < -0.4 is 5.32 Å². The van der Waals surface area contributed by atoms with Crippen molar-refractivity contribution in [3.8, 4) is 11.1 Å². The van der Waals surface area contributed by atoms with E-state index < -0.39 is 0 Å². The Morgan fingerprint density at radius 1 is 1.07 bits per heavy atom. The van der Waals surface area contributed by atoms with Crippen LogP contribution in [0.3, 0.4) is 0 Å². The molecule has 1 fully saturated rings. The van der Waals surface area contributed by atoms with Crippen molar-refractivity contribution >= 4 is 34.2 Å². The van der Waals surface area contributed by atoms with Crippen LogP contribution in [0.2, 0.25) is 10.0 Å². The maximum atomic E-state index is 6.58. The average Bonchev–Trinajstić information content (AvgIpc) is 3.37. The lowest BCUT2D eigenvalue weighted by Gasteiger charge is -2.21. The quantitative estimate of drug-likeness (QED) is 0.469. The highest BCUT2D eigenvalue weighted by atomic mass is 35.5. The lowest BCUT2D eigenvalue weighted by atomic mass is 9.94. The fraction of sp³-hybridized carbons (Fsp3) is 0.273. The van der Waals surface area contributed by atoms with Crippen LogP contribution in [0.15, 0.2) is 48.9 Å². The summed E-state index contributed by atoms with van der Waals surface area (Å²) in [6, 6.07) is 10.0. The largest absolute Gasteiger partial charge is 0.343 e. The molecule has 148 valence electrons. The van der Waals surface area contributed by atoms with Gasteiger partial charge in [-0.2, -0.15) is 5.10 Å². The third-order valence-corrected chi connectivity index (χ3v) is 6.13. The standard InChI is InChI=1S/C22H21Cl2N5/c23-17-3-1-14(2-4-17)12-29-13-16(10-27-29)21-18-9-20(15-5-7-25-8-6-15)28-22(18)26-11-19(21)24/h1-4,9-11,13,15,25H,5-8,12H2,(H,26,28). The molecule has 1 aliphatic heterocycles. The van der Waals surface area contributed by atoms with Gasteiger partial charge in [0.2, 0.25) is 0 Å². The van der Waals surface area contributed by atoms with Crippen molar-refractivity contribution in [3.05, 3.63) is 70.2 Å². The molecule has 0 aliphatic carbocycles. The Morgan fingerprint density at radius 3 is 2.66 bits per heavy atom. The van der Waals surface area contributed by atoms with E-state index in [0.717, 1.165) is 58.7 Å². The van der Waals surface area contributed by atoms with Gasteiger partial charge in [-0.25, -0.2) is 4.98 Å². The Hall–Kier alpha value is -2.34. The second kappa shape index (κ2) is 7.82. The number of hydrogen-bond acceptors (Lipinski definition) is 3. The molecule has 1 aromatic carbocycles. The zero-order valence-electron chi connectivity index (χ0n) is 15.8. The summed E-state index contributed by atoms with van der Waals surface area (Å²) in [6.07, 6.45) is 7.89. The number of H-pyrrole nitrogens is 1. The number of piperidine rings is 1. The fourth-order valence-electron chi connectivity index (χ4n) is 4.07. The molecule has 0 bridgehead atoms. The lowest BCUT2D eigenvalue weighted by Crippen LogP contribution is -2.26. The summed E-state index contributed by atoms with van der Waals surface area (Å²) in [5.74, 6) is 0.532. The third kappa shape index (κ3) is 3.78. The molecule has 0 atom stereocenters. The first-order valence-corrected chi connectivity index (χ1v) is 10.6. The second-order valence-corrected chi connectivity index (χ2v) is 8.39. The van der Waals surface area contributed by atoms with Gasteiger partial charge in [-0.3, -0.25) is 4.68 Å². The zero-order valence-corrected chi connectivity index (χ0v) is 17.3. The van der Waals surface area contributed by atoms with Gasteiger partial charge in [0.15, 0.2) is 0 Å². The molecule has 2 N–H and O–H groups in total. The van der Waals surface area contributed by atoms with E-state index >= 15 is 0 Å². The van der Waals surface area contributed by atoms with Crippen LogP contribution >= 0.6 is 23.2 Å². The normalized spacial score (nSPS) is 15.2. The van der Waals surface area contributed by atoms with E-state index in [4.69, 9.17) is 23.2 Å². The molecule has 5 nitrogen and oxygen atoms in total. The summed E-state index contributed by atoms with van der Waals surface area (Å²) >= 11 is 12.6. The smallest absolute Gasteiger partial charge is 0.138 e. The molecule has 0 amide bonds. The van der Waals surface area contributed by atoms with Gasteiger partial charge in [0.05, 0.1) is 17.8 Å². The molecule has 3 aromatic heterocycles. The maximum Gasteiger partial charge on any atom is 0.138 e. The van der Waals surface area contributed by atoms with Gasteiger partial charge >= 0.3 is 0 Å². The van der Waals surface area contributed by atoms with Gasteiger partial charge in [-0.1, -0.05) is 35.3 Å². The fourth-order valence-corrected chi connectivity index (χ4v) is 4.46. The third-order valence-electron chi connectivity index (χ3n) is 5.59. The number of nitrogens with zero attached hydrogens (tertiary/aromatic N) is 3. The Balaban J connectivity index is 1.49. The summed E-state index contributed by atoms with van der Waals surface area (Å²) in [5.41, 5.74) is 5.24. The highest BCUT2D eigenvalue weighted by molar-refractivity contribution is 6.34. The number of fused-ring (bicyclic) bond motifs is 1. The van der Waals surface area contributed by atoms with Gasteiger partial charge in [0, 0.05) is 45.5 Å². The maximum absolute atomic E-state index is 6.58. The van der Waals surface area contributed by atoms with Crippen molar-refractivity contribution in [2.75, 3.05) is 13.1 Å². The Labute approximate surface area is 179 Å². The van der Waals surface area contributed by atoms with Gasteiger partial charge in [-0.15, -0.1) is 0 Å². The molecular weight excluding hydrogens is 405 g/mol. The van der Waals surface area contributed by atoms with E-state index in [9.17, 15) is 0 Å². The lowest BCUT2D eigenvalue weighted by molar-refractivity contribution is 0.455. The number of aromatic nitrogens is 4. The number of hydrogen-bond donors (Lipinski definition) is 2. The second-order valence-electron chi connectivity index (χ2n) is 7.55. The number of halogens is 2. The SMILES string of the molecule is Clc1ccc(Cn2cc(-c3c(Cl)cnc4[nH]c(C5CCNCC5)cc34)cn2)cc1. The van der Waals surface area contributed by atoms with Crippen molar-refractivity contribution in [3.63, 3.8) is 0 Å². The van der Waals surface area contributed by atoms with Crippen LogP contribution in [0.1, 0.15) is 30.0 Å². The first-order chi connectivity index (χ1) is 14.2. The van der Waals surface area contributed by atoms with Crippen molar-refractivity contribution in [1.82, 2.24) is 25.1 Å². The van der Waals surface area contributed by atoms with E-state index in [-0.39, 0.29) is 0 Å². The molecule has 4 aromatic rings. The van der Waals surface area contributed by atoms with Crippen LogP contribution in [-0.2, 0) is 6.54 Å². The monoisotopic (exact) mass is 425 g/mol. The van der Waals surface area contributed by atoms with E-state index in [0.29, 0.717) is 17.5 Å². The molecule has 0 radical (unpaired) electrons. The van der Waals surface area contributed by atoms with Crippen LogP contribution in [0.5, 0.6) is 0 Å². The van der Waals surface area contributed by atoms with Crippen molar-refractivity contribution < 1.29 is 0 Å². The highest BCUT2D eigenvalue weighted by Gasteiger charge is 2.20. The van der Waals surface area contributed by atoms with Crippen LogP contribution in [0, 0.1) is 0 Å². The molecule has 5 rings (SSSR count). The number of benzene rings is 1. The van der Waals surface area contributed by atoms with E-state index in [1.165, 1.54) is 5.69 Å². The molecular formula is C22H21Cl2N5. The summed E-state index contributed by atoms with van der Waals surface area (Å²) < 4.78 is 1.92. The first-order valence-electron chi connectivity index (χ1n) is 9.82. The van der Waals surface area contributed by atoms with E-state index in [1.807, 2.05) is 41.3 Å². The summed E-state index contributed by atoms with van der Waals surface area (Å²) in [6.45, 7) is 2.79. The summed E-state index contributed by atoms with van der Waals surface area (Å²) in [4.78, 5) is 8.04. The van der Waals surface area contributed by atoms with Gasteiger partial charge in [0.25, 0.3) is 0 Å². The average molecular weight is 426 g/mol. The molecule has 0 spiro atoms. The molecule has 1 aliphatic rings. The zero-order chi connectivity index (χ0) is 19.8. The molecule has 7 heteroatoms. The summed E-state index contributed by atoms with van der Waals surface area (Å²) in [7, 11) is 0. The van der Waals surface area contributed by atoms with E-state index in [1.54, 1.807) is 6.20 Å². The highest BCUT2D eigenvalue weighted by Crippen LogP contribution is 2.36. The molecule has 1 saturated heterocycles. The Bertz CT molecular complexity index is 1140. The molecule has 0 saturated carbocycles. The number of aromatic amines is 1. The van der Waals surface area contributed by atoms with Crippen LogP contribution in [0.4, 0.5) is 0 Å². The predicted molar refractivity (Wildman–Crippen MR) is 118 cm³/mol. The topological polar surface area (TPSA) is 58.5 Å². The Morgan fingerprint density at radius 2 is 1.86 bits per heavy atom. The van der Waals surface area contributed by atoms with Crippen LogP contribution in [0.25, 0.3) is 22.2 Å². The van der Waals surface area contributed by atoms with Crippen molar-refractivity contribution in [1.29, 1.82) is 0 Å². The summed E-state index contributed by atoms with van der Waals surface area (Å²) in [5, 5.41) is 10.4. The Kier molecular flexibility index (Phi) is 5.04.